The van der Waals surface area contributed by atoms with Crippen molar-refractivity contribution in [1.82, 2.24) is 15.3 Å². The van der Waals surface area contributed by atoms with Crippen molar-refractivity contribution in [3.05, 3.63) is 16.8 Å². The average Bonchev–Trinajstić information content (AvgIpc) is 3.11. The molecule has 1 amide bonds. The van der Waals surface area contributed by atoms with Crippen LogP contribution in [0.15, 0.2) is 6.33 Å². The minimum Gasteiger partial charge on any atom is -0.462 e. The molecule has 8 heteroatoms. The number of ether oxygens (including phenoxy) is 1. The van der Waals surface area contributed by atoms with Crippen molar-refractivity contribution >= 4 is 39.2 Å². The Morgan fingerprint density at radius 3 is 2.77 bits per heavy atom. The summed E-state index contributed by atoms with van der Waals surface area (Å²) < 4.78 is 5.20. The molecule has 1 aliphatic carbocycles. The summed E-state index contributed by atoms with van der Waals surface area (Å²) in [6.07, 6.45) is 9.29. The van der Waals surface area contributed by atoms with Crippen LogP contribution in [0.4, 0.5) is 5.82 Å². The molecule has 1 N–H and O–H groups in total. The number of esters is 1. The second kappa shape index (κ2) is 9.29. The van der Waals surface area contributed by atoms with E-state index in [9.17, 15) is 9.59 Å². The van der Waals surface area contributed by atoms with E-state index in [1.165, 1.54) is 30.6 Å². The number of thiophene rings is 1. The number of aryl methyl sites for hydroxylation is 1. The van der Waals surface area contributed by atoms with Gasteiger partial charge in [0.15, 0.2) is 0 Å². The smallest absolute Gasteiger partial charge is 0.348 e. The monoisotopic (exact) mass is 430 g/mol. The van der Waals surface area contributed by atoms with Gasteiger partial charge in [0.25, 0.3) is 0 Å². The van der Waals surface area contributed by atoms with Crippen LogP contribution in [0, 0.1) is 12.8 Å². The molecule has 0 bridgehead atoms. The number of piperidine rings is 1. The molecule has 4 rings (SSSR count). The van der Waals surface area contributed by atoms with E-state index in [4.69, 9.17) is 4.74 Å². The lowest BCUT2D eigenvalue weighted by Gasteiger charge is -2.34. The van der Waals surface area contributed by atoms with E-state index in [0.29, 0.717) is 24.1 Å². The number of carbonyl (C=O) groups excluding carboxylic acids is 2. The summed E-state index contributed by atoms with van der Waals surface area (Å²) in [7, 11) is 0. The van der Waals surface area contributed by atoms with Crippen LogP contribution in [0.5, 0.6) is 0 Å². The van der Waals surface area contributed by atoms with Crippen molar-refractivity contribution in [2.24, 2.45) is 5.92 Å². The molecule has 7 nitrogen and oxygen atoms in total. The first-order valence-electron chi connectivity index (χ1n) is 11.0. The molecule has 0 spiro atoms. The fourth-order valence-electron chi connectivity index (χ4n) is 4.63. The molecule has 2 aliphatic rings. The Balaban J connectivity index is 1.54. The average molecular weight is 431 g/mol. The highest BCUT2D eigenvalue weighted by Gasteiger charge is 2.30. The molecular formula is C22H30N4O3S. The second-order valence-electron chi connectivity index (χ2n) is 8.28. The zero-order chi connectivity index (χ0) is 21.1. The van der Waals surface area contributed by atoms with Gasteiger partial charge in [-0.05, 0) is 45.1 Å². The highest BCUT2D eigenvalue weighted by atomic mass is 32.1. The molecule has 1 atom stereocenters. The minimum atomic E-state index is -0.313. The highest BCUT2D eigenvalue weighted by molar-refractivity contribution is 7.20. The van der Waals surface area contributed by atoms with Crippen LogP contribution in [0.3, 0.4) is 0 Å². The molecule has 30 heavy (non-hydrogen) atoms. The summed E-state index contributed by atoms with van der Waals surface area (Å²) in [5, 5.41) is 4.19. The molecule has 1 saturated carbocycles. The summed E-state index contributed by atoms with van der Waals surface area (Å²) in [4.78, 5) is 37.7. The molecule has 1 saturated heterocycles. The van der Waals surface area contributed by atoms with Crippen molar-refractivity contribution in [3.8, 4) is 0 Å². The first-order valence-corrected chi connectivity index (χ1v) is 11.9. The Bertz CT molecular complexity index is 922. The van der Waals surface area contributed by atoms with Crippen LogP contribution >= 0.6 is 11.3 Å². The molecule has 1 unspecified atom stereocenters. The maximum absolute atomic E-state index is 12.9. The van der Waals surface area contributed by atoms with Crippen LogP contribution in [0.2, 0.25) is 0 Å². The largest absolute Gasteiger partial charge is 0.462 e. The Morgan fingerprint density at radius 2 is 2.00 bits per heavy atom. The Kier molecular flexibility index (Phi) is 6.51. The fraction of sp³-hybridized carbons (Fsp3) is 0.636. The molecular weight excluding hydrogens is 400 g/mol. The lowest BCUT2D eigenvalue weighted by Crippen LogP contribution is -2.46. The van der Waals surface area contributed by atoms with Gasteiger partial charge < -0.3 is 15.0 Å². The van der Waals surface area contributed by atoms with Crippen LogP contribution in [-0.4, -0.2) is 47.6 Å². The number of amides is 1. The number of nitrogens with zero attached hydrogens (tertiary/aromatic N) is 3. The molecule has 3 heterocycles. The van der Waals surface area contributed by atoms with Gasteiger partial charge in [0.05, 0.1) is 17.9 Å². The molecule has 2 aromatic rings. The molecule has 0 radical (unpaired) electrons. The summed E-state index contributed by atoms with van der Waals surface area (Å²) in [6, 6.07) is 0.332. The zero-order valence-electron chi connectivity index (χ0n) is 17.8. The van der Waals surface area contributed by atoms with E-state index in [-0.39, 0.29) is 17.8 Å². The molecule has 162 valence electrons. The number of hydrogen-bond acceptors (Lipinski definition) is 7. The third-order valence-corrected chi connectivity index (χ3v) is 7.39. The van der Waals surface area contributed by atoms with Crippen molar-refractivity contribution < 1.29 is 14.3 Å². The third kappa shape index (κ3) is 4.29. The van der Waals surface area contributed by atoms with Gasteiger partial charge in [-0.3, -0.25) is 4.79 Å². The Morgan fingerprint density at radius 1 is 1.20 bits per heavy atom. The zero-order valence-corrected chi connectivity index (χ0v) is 18.6. The lowest BCUT2D eigenvalue weighted by atomic mass is 9.93. The van der Waals surface area contributed by atoms with Gasteiger partial charge >= 0.3 is 5.97 Å². The quantitative estimate of drug-likeness (QED) is 0.726. The van der Waals surface area contributed by atoms with Gasteiger partial charge in [0, 0.05) is 19.1 Å². The SMILES string of the molecule is CCOC(=O)c1sc2ncnc(N3CCCC(C(=O)NC4CCCCC4)C3)c2c1C. The lowest BCUT2D eigenvalue weighted by molar-refractivity contribution is -0.126. The second-order valence-corrected chi connectivity index (χ2v) is 9.28. The number of hydrogen-bond donors (Lipinski definition) is 1. The number of fused-ring (bicyclic) bond motifs is 1. The normalized spacial score (nSPS) is 20.3. The molecule has 2 aromatic heterocycles. The highest BCUT2D eigenvalue weighted by Crippen LogP contribution is 2.36. The maximum atomic E-state index is 12.9. The third-order valence-electron chi connectivity index (χ3n) is 6.21. The first kappa shape index (κ1) is 21.0. The Hall–Kier alpha value is -2.22. The van der Waals surface area contributed by atoms with E-state index in [1.54, 1.807) is 13.3 Å². The van der Waals surface area contributed by atoms with Gasteiger partial charge in [-0.25, -0.2) is 14.8 Å². The number of carbonyl (C=O) groups is 2. The van der Waals surface area contributed by atoms with Gasteiger partial charge in [-0.2, -0.15) is 0 Å². The summed E-state index contributed by atoms with van der Waals surface area (Å²) in [5.41, 5.74) is 0.859. The molecule has 1 aliphatic heterocycles. The number of nitrogens with one attached hydrogen (secondary N) is 1. The van der Waals surface area contributed by atoms with E-state index < -0.39 is 0 Å². The van der Waals surface area contributed by atoms with E-state index in [0.717, 1.165) is 53.8 Å². The predicted octanol–water partition coefficient (Wildman–Crippen LogP) is 3.84. The van der Waals surface area contributed by atoms with Crippen molar-refractivity contribution in [1.29, 1.82) is 0 Å². The van der Waals surface area contributed by atoms with Gasteiger partial charge in [0.2, 0.25) is 5.91 Å². The Labute approximate surface area is 181 Å². The summed E-state index contributed by atoms with van der Waals surface area (Å²) in [5.74, 6) is 0.645. The molecule has 2 fully saturated rings. The van der Waals surface area contributed by atoms with Crippen LogP contribution in [0.1, 0.15) is 67.1 Å². The summed E-state index contributed by atoms with van der Waals surface area (Å²) in [6.45, 7) is 5.57. The van der Waals surface area contributed by atoms with Crippen molar-refractivity contribution in [2.45, 2.75) is 64.8 Å². The number of rotatable bonds is 5. The standard InChI is InChI=1S/C22H30N4O3S/c1-3-29-22(28)18-14(2)17-19(23-13-24-21(17)30-18)26-11-7-8-15(12-26)20(27)25-16-9-5-4-6-10-16/h13,15-16H,3-12H2,1-2H3,(H,25,27). The van der Waals surface area contributed by atoms with Gasteiger partial charge in [-0.15, -0.1) is 11.3 Å². The first-order chi connectivity index (χ1) is 14.6. The van der Waals surface area contributed by atoms with Crippen LogP contribution in [0.25, 0.3) is 10.2 Å². The van der Waals surface area contributed by atoms with Crippen molar-refractivity contribution in [2.75, 3.05) is 24.6 Å². The fourth-order valence-corrected chi connectivity index (χ4v) is 5.67. The number of anilines is 1. The van der Waals surface area contributed by atoms with E-state index in [1.807, 2.05) is 6.92 Å². The molecule has 0 aromatic carbocycles. The summed E-state index contributed by atoms with van der Waals surface area (Å²) >= 11 is 1.35. The predicted molar refractivity (Wildman–Crippen MR) is 118 cm³/mol. The van der Waals surface area contributed by atoms with E-state index in [2.05, 4.69) is 20.2 Å². The topological polar surface area (TPSA) is 84.4 Å². The van der Waals surface area contributed by atoms with Crippen LogP contribution < -0.4 is 10.2 Å². The van der Waals surface area contributed by atoms with Gasteiger partial charge in [0.1, 0.15) is 21.9 Å². The van der Waals surface area contributed by atoms with E-state index >= 15 is 0 Å². The minimum absolute atomic E-state index is 0.0332. The van der Waals surface area contributed by atoms with Crippen molar-refractivity contribution in [3.63, 3.8) is 0 Å². The number of aromatic nitrogens is 2. The maximum Gasteiger partial charge on any atom is 0.348 e. The van der Waals surface area contributed by atoms with Crippen LogP contribution in [-0.2, 0) is 9.53 Å². The van der Waals surface area contributed by atoms with Gasteiger partial charge in [-0.1, -0.05) is 19.3 Å².